The van der Waals surface area contributed by atoms with Crippen LogP contribution in [0.25, 0.3) is 0 Å². The van der Waals surface area contributed by atoms with Gasteiger partial charge in [0.1, 0.15) is 0 Å². The van der Waals surface area contributed by atoms with Crippen molar-refractivity contribution in [1.29, 1.82) is 0 Å². The summed E-state index contributed by atoms with van der Waals surface area (Å²) < 4.78 is 5.35. The molecule has 7 nitrogen and oxygen atoms in total. The summed E-state index contributed by atoms with van der Waals surface area (Å²) in [5.41, 5.74) is 0. The van der Waals surface area contributed by atoms with E-state index in [0.717, 1.165) is 58.7 Å². The molecule has 0 radical (unpaired) electrons. The van der Waals surface area contributed by atoms with Crippen LogP contribution >= 0.6 is 0 Å². The summed E-state index contributed by atoms with van der Waals surface area (Å²) in [6.45, 7) is 7.12. The Morgan fingerprint density at radius 1 is 1.08 bits per heavy atom. The topological polar surface area (TPSA) is 62.3 Å². The number of carbonyl (C=O) groups is 2. The largest absolute Gasteiger partial charge is 0.379 e. The fourth-order valence-corrected chi connectivity index (χ4v) is 3.62. The first kappa shape index (κ1) is 17.6. The Morgan fingerprint density at radius 3 is 2.67 bits per heavy atom. The zero-order valence-electron chi connectivity index (χ0n) is 14.5. The van der Waals surface area contributed by atoms with E-state index in [4.69, 9.17) is 9.57 Å². The molecule has 3 aliphatic heterocycles. The van der Waals surface area contributed by atoms with Gasteiger partial charge in [0.25, 0.3) is 5.91 Å². The maximum atomic E-state index is 12.6. The predicted molar refractivity (Wildman–Crippen MR) is 88.1 cm³/mol. The quantitative estimate of drug-likeness (QED) is 0.730. The molecule has 0 saturated carbocycles. The van der Waals surface area contributed by atoms with Crippen LogP contribution in [0.5, 0.6) is 0 Å². The molecule has 3 saturated heterocycles. The zero-order valence-corrected chi connectivity index (χ0v) is 14.5. The smallest absolute Gasteiger partial charge is 0.251 e. The molecule has 0 spiro atoms. The number of amides is 2. The summed E-state index contributed by atoms with van der Waals surface area (Å²) in [5.74, 6) is 0.130. The number of carbonyl (C=O) groups excluding carboxylic acids is 2. The highest BCUT2D eigenvalue weighted by Gasteiger charge is 2.33. The third kappa shape index (κ3) is 4.68. The van der Waals surface area contributed by atoms with Gasteiger partial charge in [-0.3, -0.25) is 19.3 Å². The van der Waals surface area contributed by atoms with E-state index in [9.17, 15) is 9.59 Å². The minimum Gasteiger partial charge on any atom is -0.379 e. The van der Waals surface area contributed by atoms with Gasteiger partial charge >= 0.3 is 0 Å². The highest BCUT2D eigenvalue weighted by atomic mass is 16.7. The lowest BCUT2D eigenvalue weighted by Gasteiger charge is -2.36. The Bertz CT molecular complexity index is 434. The van der Waals surface area contributed by atoms with E-state index in [1.54, 1.807) is 0 Å². The second-order valence-corrected chi connectivity index (χ2v) is 6.86. The van der Waals surface area contributed by atoms with Crippen LogP contribution in [0.3, 0.4) is 0 Å². The summed E-state index contributed by atoms with van der Waals surface area (Å²) >= 11 is 0. The van der Waals surface area contributed by atoms with Gasteiger partial charge in [-0.1, -0.05) is 0 Å². The summed E-state index contributed by atoms with van der Waals surface area (Å²) in [6, 6.07) is 0. The van der Waals surface area contributed by atoms with Crippen molar-refractivity contribution in [2.45, 2.75) is 32.1 Å². The van der Waals surface area contributed by atoms with Gasteiger partial charge in [-0.05, 0) is 25.7 Å². The van der Waals surface area contributed by atoms with Gasteiger partial charge in [0, 0.05) is 45.7 Å². The average Bonchev–Trinajstić information content (AvgIpc) is 2.64. The first-order valence-electron chi connectivity index (χ1n) is 9.26. The van der Waals surface area contributed by atoms with Crippen LogP contribution in [0, 0.1) is 5.92 Å². The minimum atomic E-state index is -0.107. The molecule has 3 aliphatic rings. The van der Waals surface area contributed by atoms with Crippen molar-refractivity contribution in [1.82, 2.24) is 14.9 Å². The van der Waals surface area contributed by atoms with E-state index < -0.39 is 0 Å². The molecule has 3 heterocycles. The van der Waals surface area contributed by atoms with E-state index >= 15 is 0 Å². The monoisotopic (exact) mass is 339 g/mol. The molecule has 0 aliphatic carbocycles. The summed E-state index contributed by atoms with van der Waals surface area (Å²) in [7, 11) is 0. The van der Waals surface area contributed by atoms with Gasteiger partial charge in [-0.2, -0.15) is 0 Å². The first-order chi connectivity index (χ1) is 11.7. The molecule has 0 bridgehead atoms. The highest BCUT2D eigenvalue weighted by molar-refractivity contribution is 5.83. The number of hydrogen-bond donors (Lipinski definition) is 0. The molecule has 2 amide bonds. The molecule has 24 heavy (non-hydrogen) atoms. The molecule has 3 fully saturated rings. The lowest BCUT2D eigenvalue weighted by molar-refractivity contribution is -0.202. The van der Waals surface area contributed by atoms with Gasteiger partial charge in [-0.15, -0.1) is 0 Å². The van der Waals surface area contributed by atoms with Crippen molar-refractivity contribution in [3.05, 3.63) is 0 Å². The van der Waals surface area contributed by atoms with Gasteiger partial charge in [0.05, 0.1) is 25.7 Å². The maximum absolute atomic E-state index is 12.6. The number of morpholine rings is 1. The molecular weight excluding hydrogens is 310 g/mol. The second kappa shape index (κ2) is 8.78. The van der Waals surface area contributed by atoms with Crippen molar-refractivity contribution >= 4 is 11.8 Å². The van der Waals surface area contributed by atoms with Gasteiger partial charge in [0.2, 0.25) is 5.91 Å². The second-order valence-electron chi connectivity index (χ2n) is 6.86. The molecule has 0 aromatic carbocycles. The fourth-order valence-electron chi connectivity index (χ4n) is 3.62. The van der Waals surface area contributed by atoms with Crippen LogP contribution in [-0.4, -0.2) is 85.8 Å². The van der Waals surface area contributed by atoms with Gasteiger partial charge in [-0.25, -0.2) is 5.06 Å². The lowest BCUT2D eigenvalue weighted by Crippen LogP contribution is -2.48. The fraction of sp³-hybridized carbons (Fsp3) is 0.882. The first-order valence-corrected chi connectivity index (χ1v) is 9.26. The lowest BCUT2D eigenvalue weighted by atomic mass is 9.96. The predicted octanol–water partition coefficient (Wildman–Crippen LogP) is 0.501. The Labute approximate surface area is 143 Å². The number of piperidine rings is 1. The highest BCUT2D eigenvalue weighted by Crippen LogP contribution is 2.21. The number of nitrogens with zero attached hydrogens (tertiary/aromatic N) is 3. The average molecular weight is 339 g/mol. The number of hydrogen-bond acceptors (Lipinski definition) is 5. The summed E-state index contributed by atoms with van der Waals surface area (Å²) in [6.07, 6.45) is 4.09. The van der Waals surface area contributed by atoms with E-state index in [1.165, 1.54) is 5.06 Å². The third-order valence-electron chi connectivity index (χ3n) is 5.10. The van der Waals surface area contributed by atoms with Gasteiger partial charge in [0.15, 0.2) is 0 Å². The molecule has 0 aromatic rings. The summed E-state index contributed by atoms with van der Waals surface area (Å²) in [4.78, 5) is 34.5. The van der Waals surface area contributed by atoms with Crippen molar-refractivity contribution < 1.29 is 19.2 Å². The Kier molecular flexibility index (Phi) is 6.45. The number of hydroxylamine groups is 2. The summed E-state index contributed by atoms with van der Waals surface area (Å²) in [5, 5.41) is 1.52. The van der Waals surface area contributed by atoms with Gasteiger partial charge < -0.3 is 9.64 Å². The number of ether oxygens (including phenoxy) is 1. The van der Waals surface area contributed by atoms with Crippen LogP contribution in [0.4, 0.5) is 0 Å². The van der Waals surface area contributed by atoms with Crippen LogP contribution in [-0.2, 0) is 19.2 Å². The van der Waals surface area contributed by atoms with Crippen molar-refractivity contribution in [3.63, 3.8) is 0 Å². The third-order valence-corrected chi connectivity index (χ3v) is 5.10. The SMILES string of the molecule is O=C1CCC(C(=O)N2CCCCO2)CN1CCCN1CCOCC1. The molecule has 136 valence electrons. The molecule has 1 atom stereocenters. The van der Waals surface area contributed by atoms with Crippen molar-refractivity contribution in [3.8, 4) is 0 Å². The normalized spacial score (nSPS) is 26.7. The molecule has 0 N–H and O–H groups in total. The maximum Gasteiger partial charge on any atom is 0.251 e. The van der Waals surface area contributed by atoms with E-state index in [1.807, 2.05) is 4.90 Å². The zero-order chi connectivity index (χ0) is 16.8. The van der Waals surface area contributed by atoms with E-state index in [-0.39, 0.29) is 17.7 Å². The number of rotatable bonds is 5. The molecule has 7 heteroatoms. The Balaban J connectivity index is 1.44. The Morgan fingerprint density at radius 2 is 1.92 bits per heavy atom. The van der Waals surface area contributed by atoms with Crippen LogP contribution in [0.1, 0.15) is 32.1 Å². The molecule has 3 rings (SSSR count). The van der Waals surface area contributed by atoms with Crippen LogP contribution in [0.2, 0.25) is 0 Å². The molecule has 1 unspecified atom stereocenters. The van der Waals surface area contributed by atoms with Crippen LogP contribution in [0.15, 0.2) is 0 Å². The Hall–Kier alpha value is -1.18. The molecular formula is C17H29N3O4. The standard InChI is InChI=1S/C17H29N3O4/c21-16-5-4-15(17(22)20-8-1-2-11-24-20)14-19(16)7-3-6-18-9-12-23-13-10-18/h15H,1-14H2. The van der Waals surface area contributed by atoms with E-state index in [0.29, 0.717) is 32.5 Å². The van der Waals surface area contributed by atoms with E-state index in [2.05, 4.69) is 4.90 Å². The van der Waals surface area contributed by atoms with Crippen LogP contribution < -0.4 is 0 Å². The van der Waals surface area contributed by atoms with Crippen molar-refractivity contribution in [2.24, 2.45) is 5.92 Å². The number of likely N-dealkylation sites (tertiary alicyclic amines) is 1. The van der Waals surface area contributed by atoms with Crippen molar-refractivity contribution in [2.75, 3.05) is 59.1 Å². The molecule has 0 aromatic heterocycles. The minimum absolute atomic E-state index is 0.0559.